The fourth-order valence-corrected chi connectivity index (χ4v) is 2.16. The Morgan fingerprint density at radius 1 is 1.19 bits per heavy atom. The van der Waals surface area contributed by atoms with Gasteiger partial charge in [0.15, 0.2) is 0 Å². The summed E-state index contributed by atoms with van der Waals surface area (Å²) in [5.74, 6) is 0.543. The van der Waals surface area contributed by atoms with Crippen LogP contribution in [0.1, 0.15) is 38.7 Å². The average molecular weight is 220 g/mol. The van der Waals surface area contributed by atoms with Crippen LogP contribution in [0.3, 0.4) is 0 Å². The molecule has 1 atom stereocenters. The molecule has 2 nitrogen and oxygen atoms in total. The Labute approximate surface area is 99.5 Å². The average Bonchev–Trinajstić information content (AvgIpc) is 2.31. The molecule has 2 heteroatoms. The van der Waals surface area contributed by atoms with Gasteiger partial charge in [-0.1, -0.05) is 25.1 Å². The van der Waals surface area contributed by atoms with Crippen molar-refractivity contribution in [1.29, 1.82) is 0 Å². The normalized spacial score (nSPS) is 12.5. The van der Waals surface area contributed by atoms with Crippen molar-refractivity contribution < 1.29 is 0 Å². The molecule has 0 aliphatic rings. The van der Waals surface area contributed by atoms with Gasteiger partial charge in [0, 0.05) is 18.8 Å². The monoisotopic (exact) mass is 220 g/mol. The molecule has 1 aromatic rings. The Hall–Kier alpha value is -1.02. The lowest BCUT2D eigenvalue weighted by molar-refractivity contribution is 0.685. The van der Waals surface area contributed by atoms with E-state index in [1.165, 1.54) is 11.3 Å². The van der Waals surface area contributed by atoms with Crippen molar-refractivity contribution >= 4 is 5.69 Å². The van der Waals surface area contributed by atoms with Gasteiger partial charge < -0.3 is 10.6 Å². The van der Waals surface area contributed by atoms with Crippen molar-refractivity contribution in [2.75, 3.05) is 24.5 Å². The minimum atomic E-state index is 0.543. The third-order valence-corrected chi connectivity index (χ3v) is 3.17. The first-order valence-corrected chi connectivity index (χ1v) is 6.28. The van der Waals surface area contributed by atoms with E-state index in [0.29, 0.717) is 5.92 Å². The second kappa shape index (κ2) is 6.54. The minimum absolute atomic E-state index is 0.543. The number of para-hydroxylation sites is 1. The molecule has 1 unspecified atom stereocenters. The number of benzene rings is 1. The third-order valence-electron chi connectivity index (χ3n) is 3.17. The van der Waals surface area contributed by atoms with Crippen molar-refractivity contribution in [2.45, 2.75) is 33.1 Å². The summed E-state index contributed by atoms with van der Waals surface area (Å²) in [6.07, 6.45) is 1.05. The van der Waals surface area contributed by atoms with Crippen LogP contribution in [0.2, 0.25) is 0 Å². The van der Waals surface area contributed by atoms with Gasteiger partial charge in [-0.15, -0.1) is 0 Å². The zero-order valence-electron chi connectivity index (χ0n) is 10.7. The first-order valence-electron chi connectivity index (χ1n) is 6.28. The smallest absolute Gasteiger partial charge is 0.0401 e. The maximum absolute atomic E-state index is 5.64. The first-order chi connectivity index (χ1) is 7.74. The van der Waals surface area contributed by atoms with Crippen molar-refractivity contribution in [3.8, 4) is 0 Å². The number of nitrogens with two attached hydrogens (primary N) is 1. The van der Waals surface area contributed by atoms with Gasteiger partial charge in [-0.2, -0.15) is 0 Å². The van der Waals surface area contributed by atoms with Crippen LogP contribution in [0.5, 0.6) is 0 Å². The molecule has 0 saturated carbocycles. The van der Waals surface area contributed by atoms with Crippen LogP contribution in [0.15, 0.2) is 24.3 Å². The molecule has 0 aliphatic carbocycles. The predicted octanol–water partition coefficient (Wildman–Crippen LogP) is 2.99. The molecule has 1 aromatic carbocycles. The number of hydrogen-bond donors (Lipinski definition) is 1. The Kier molecular flexibility index (Phi) is 5.33. The van der Waals surface area contributed by atoms with Crippen LogP contribution >= 0.6 is 0 Å². The van der Waals surface area contributed by atoms with Crippen LogP contribution in [-0.4, -0.2) is 19.6 Å². The van der Waals surface area contributed by atoms with Crippen molar-refractivity contribution in [2.24, 2.45) is 5.73 Å². The molecule has 0 saturated heterocycles. The summed E-state index contributed by atoms with van der Waals surface area (Å²) in [6.45, 7) is 9.54. The van der Waals surface area contributed by atoms with Gasteiger partial charge in [-0.3, -0.25) is 0 Å². The van der Waals surface area contributed by atoms with Gasteiger partial charge in [-0.05, 0) is 44.4 Å². The molecule has 0 fully saturated rings. The summed E-state index contributed by atoms with van der Waals surface area (Å²) >= 11 is 0. The van der Waals surface area contributed by atoms with Crippen molar-refractivity contribution in [1.82, 2.24) is 0 Å². The summed E-state index contributed by atoms with van der Waals surface area (Å²) < 4.78 is 0. The highest BCUT2D eigenvalue weighted by atomic mass is 15.1. The van der Waals surface area contributed by atoms with E-state index in [9.17, 15) is 0 Å². The molecular weight excluding hydrogens is 196 g/mol. The lowest BCUT2D eigenvalue weighted by Gasteiger charge is -2.26. The van der Waals surface area contributed by atoms with Crippen molar-refractivity contribution in [3.63, 3.8) is 0 Å². The van der Waals surface area contributed by atoms with Crippen LogP contribution in [-0.2, 0) is 0 Å². The molecule has 0 aliphatic heterocycles. The molecule has 90 valence electrons. The predicted molar refractivity (Wildman–Crippen MR) is 72.1 cm³/mol. The molecule has 2 N–H and O–H groups in total. The van der Waals surface area contributed by atoms with Crippen LogP contribution in [0, 0.1) is 0 Å². The fraction of sp³-hybridized carbons (Fsp3) is 0.571. The summed E-state index contributed by atoms with van der Waals surface area (Å²) in [6, 6.07) is 8.69. The van der Waals surface area contributed by atoms with Gasteiger partial charge in [0.2, 0.25) is 0 Å². The van der Waals surface area contributed by atoms with Gasteiger partial charge in [0.05, 0.1) is 0 Å². The molecule has 0 spiro atoms. The van der Waals surface area contributed by atoms with E-state index in [4.69, 9.17) is 5.73 Å². The Balaban J connectivity index is 2.98. The lowest BCUT2D eigenvalue weighted by Crippen LogP contribution is -2.23. The molecule has 0 bridgehead atoms. The summed E-state index contributed by atoms with van der Waals surface area (Å²) in [7, 11) is 0. The van der Waals surface area contributed by atoms with Crippen LogP contribution in [0.4, 0.5) is 5.69 Å². The fourth-order valence-electron chi connectivity index (χ4n) is 2.16. The maximum Gasteiger partial charge on any atom is 0.0401 e. The van der Waals surface area contributed by atoms with E-state index in [1.807, 2.05) is 0 Å². The summed E-state index contributed by atoms with van der Waals surface area (Å²) in [5, 5.41) is 0. The first kappa shape index (κ1) is 13.0. The zero-order valence-corrected chi connectivity index (χ0v) is 10.7. The van der Waals surface area contributed by atoms with E-state index >= 15 is 0 Å². The van der Waals surface area contributed by atoms with E-state index in [-0.39, 0.29) is 0 Å². The van der Waals surface area contributed by atoms with E-state index < -0.39 is 0 Å². The maximum atomic E-state index is 5.64. The zero-order chi connectivity index (χ0) is 12.0. The van der Waals surface area contributed by atoms with Crippen LogP contribution < -0.4 is 10.6 Å². The molecule has 1 rings (SSSR count). The number of anilines is 1. The van der Waals surface area contributed by atoms with Gasteiger partial charge in [0.1, 0.15) is 0 Å². The minimum Gasteiger partial charge on any atom is -0.372 e. The quantitative estimate of drug-likeness (QED) is 0.798. The lowest BCUT2D eigenvalue weighted by atomic mass is 9.95. The van der Waals surface area contributed by atoms with Crippen molar-refractivity contribution in [3.05, 3.63) is 29.8 Å². The largest absolute Gasteiger partial charge is 0.372 e. The Morgan fingerprint density at radius 3 is 2.38 bits per heavy atom. The standard InChI is InChI=1S/C14H24N2/c1-4-16(5-2)14-9-7-6-8-13(14)12(3)10-11-15/h6-9,12H,4-5,10-11,15H2,1-3H3. The SMILES string of the molecule is CCN(CC)c1ccccc1C(C)CCN. The second-order valence-electron chi connectivity index (χ2n) is 4.21. The molecule has 0 aromatic heterocycles. The van der Waals surface area contributed by atoms with Gasteiger partial charge in [0.25, 0.3) is 0 Å². The van der Waals surface area contributed by atoms with E-state index in [2.05, 4.69) is 49.9 Å². The molecule has 0 heterocycles. The second-order valence-corrected chi connectivity index (χ2v) is 4.21. The third kappa shape index (κ3) is 2.99. The number of hydrogen-bond acceptors (Lipinski definition) is 2. The topological polar surface area (TPSA) is 29.3 Å². The molecule has 0 amide bonds. The molecule has 0 radical (unpaired) electrons. The molecular formula is C14H24N2. The Bertz CT molecular complexity index is 305. The van der Waals surface area contributed by atoms with E-state index in [0.717, 1.165) is 26.1 Å². The highest BCUT2D eigenvalue weighted by Crippen LogP contribution is 2.29. The highest BCUT2D eigenvalue weighted by molar-refractivity contribution is 5.54. The van der Waals surface area contributed by atoms with Gasteiger partial charge >= 0.3 is 0 Å². The molecule has 16 heavy (non-hydrogen) atoms. The number of nitrogens with zero attached hydrogens (tertiary/aromatic N) is 1. The highest BCUT2D eigenvalue weighted by Gasteiger charge is 2.12. The Morgan fingerprint density at radius 2 is 1.81 bits per heavy atom. The van der Waals surface area contributed by atoms with Gasteiger partial charge in [-0.25, -0.2) is 0 Å². The van der Waals surface area contributed by atoms with Crippen LogP contribution in [0.25, 0.3) is 0 Å². The van der Waals surface area contributed by atoms with E-state index in [1.54, 1.807) is 0 Å². The number of rotatable bonds is 6. The summed E-state index contributed by atoms with van der Waals surface area (Å²) in [4.78, 5) is 2.41. The summed E-state index contributed by atoms with van der Waals surface area (Å²) in [5.41, 5.74) is 8.44.